The highest BCUT2D eigenvalue weighted by Gasteiger charge is 2.12. The highest BCUT2D eigenvalue weighted by atomic mass is 14.9. The van der Waals surface area contributed by atoms with Crippen LogP contribution in [0.2, 0.25) is 0 Å². The molecular formula is C17H28N2. The topological polar surface area (TPSA) is 24.1 Å². The predicted molar refractivity (Wildman–Crippen MR) is 82.6 cm³/mol. The fraction of sp³-hybridized carbons (Fsp3) is 0.647. The highest BCUT2D eigenvalue weighted by molar-refractivity contribution is 5.32. The van der Waals surface area contributed by atoms with Gasteiger partial charge in [0.25, 0.3) is 0 Å². The molecule has 0 aliphatic carbocycles. The van der Waals surface area contributed by atoms with Gasteiger partial charge in [0.1, 0.15) is 0 Å². The molecule has 1 aromatic rings. The molecule has 2 nitrogen and oxygen atoms in total. The third-order valence-electron chi connectivity index (χ3n) is 4.25. The molecular weight excluding hydrogens is 232 g/mol. The molecule has 0 radical (unpaired) electrons. The average Bonchev–Trinajstić information content (AvgIpc) is 2.42. The second-order valence-corrected chi connectivity index (χ2v) is 6.16. The van der Waals surface area contributed by atoms with Crippen LogP contribution in [0.1, 0.15) is 49.3 Å². The number of rotatable bonds is 5. The van der Waals surface area contributed by atoms with Crippen molar-refractivity contribution in [2.75, 3.05) is 19.6 Å². The Labute approximate surface area is 118 Å². The van der Waals surface area contributed by atoms with Gasteiger partial charge in [0.05, 0.1) is 0 Å². The molecule has 1 saturated heterocycles. The van der Waals surface area contributed by atoms with E-state index in [1.54, 1.807) is 0 Å². The lowest BCUT2D eigenvalue weighted by Gasteiger charge is -2.23. The first-order chi connectivity index (χ1) is 9.16. The van der Waals surface area contributed by atoms with Gasteiger partial charge in [-0.25, -0.2) is 0 Å². The van der Waals surface area contributed by atoms with E-state index in [0.29, 0.717) is 5.92 Å². The molecule has 1 fully saturated rings. The zero-order valence-corrected chi connectivity index (χ0v) is 12.6. The van der Waals surface area contributed by atoms with Crippen molar-refractivity contribution in [1.29, 1.82) is 0 Å². The number of benzene rings is 1. The minimum atomic E-state index is 0.615. The molecule has 2 heteroatoms. The third kappa shape index (κ3) is 4.32. The van der Waals surface area contributed by atoms with Gasteiger partial charge in [-0.3, -0.25) is 0 Å². The molecule has 0 saturated carbocycles. The van der Waals surface area contributed by atoms with Gasteiger partial charge >= 0.3 is 0 Å². The molecule has 1 aliphatic rings. The fourth-order valence-electron chi connectivity index (χ4n) is 2.74. The molecule has 1 heterocycles. The summed E-state index contributed by atoms with van der Waals surface area (Å²) in [5.74, 6) is 1.47. The lowest BCUT2D eigenvalue weighted by atomic mass is 9.96. The molecule has 2 rings (SSSR count). The van der Waals surface area contributed by atoms with E-state index in [0.717, 1.165) is 19.0 Å². The summed E-state index contributed by atoms with van der Waals surface area (Å²) in [6.07, 6.45) is 2.63. The van der Waals surface area contributed by atoms with E-state index in [-0.39, 0.29) is 0 Å². The number of aryl methyl sites for hydroxylation is 1. The molecule has 0 aromatic heterocycles. The summed E-state index contributed by atoms with van der Waals surface area (Å²) < 4.78 is 0. The predicted octanol–water partition coefficient (Wildman–Crippen LogP) is 3.21. The lowest BCUT2D eigenvalue weighted by molar-refractivity contribution is 0.356. The first kappa shape index (κ1) is 14.5. The minimum absolute atomic E-state index is 0.615. The Hall–Kier alpha value is -0.860. The fourth-order valence-corrected chi connectivity index (χ4v) is 2.74. The average molecular weight is 260 g/mol. The second kappa shape index (κ2) is 7.06. The van der Waals surface area contributed by atoms with E-state index in [2.05, 4.69) is 49.6 Å². The second-order valence-electron chi connectivity index (χ2n) is 6.16. The van der Waals surface area contributed by atoms with Crippen molar-refractivity contribution in [2.24, 2.45) is 5.92 Å². The molecule has 0 unspecified atom stereocenters. The van der Waals surface area contributed by atoms with Crippen LogP contribution in [0.4, 0.5) is 0 Å². The van der Waals surface area contributed by atoms with Gasteiger partial charge in [0, 0.05) is 6.54 Å². The van der Waals surface area contributed by atoms with E-state index >= 15 is 0 Å². The Morgan fingerprint density at radius 1 is 1.26 bits per heavy atom. The first-order valence-corrected chi connectivity index (χ1v) is 7.67. The van der Waals surface area contributed by atoms with Crippen LogP contribution < -0.4 is 10.6 Å². The molecule has 1 aliphatic heterocycles. The van der Waals surface area contributed by atoms with Crippen LogP contribution in [0.25, 0.3) is 0 Å². The van der Waals surface area contributed by atoms with Crippen molar-refractivity contribution >= 4 is 0 Å². The molecule has 0 bridgehead atoms. The maximum atomic E-state index is 3.65. The van der Waals surface area contributed by atoms with Crippen LogP contribution in [-0.2, 0) is 6.54 Å². The molecule has 106 valence electrons. The highest BCUT2D eigenvalue weighted by Crippen LogP contribution is 2.18. The number of piperidine rings is 1. The summed E-state index contributed by atoms with van der Waals surface area (Å²) in [5.41, 5.74) is 4.31. The Balaban J connectivity index is 1.86. The van der Waals surface area contributed by atoms with E-state index in [1.165, 1.54) is 42.6 Å². The number of nitrogens with one attached hydrogen (secondary N) is 2. The van der Waals surface area contributed by atoms with E-state index in [9.17, 15) is 0 Å². The summed E-state index contributed by atoms with van der Waals surface area (Å²) in [6.45, 7) is 11.3. The van der Waals surface area contributed by atoms with Gasteiger partial charge in [0.15, 0.2) is 0 Å². The Morgan fingerprint density at radius 3 is 2.68 bits per heavy atom. The zero-order chi connectivity index (χ0) is 13.7. The van der Waals surface area contributed by atoms with E-state index in [1.807, 2.05) is 0 Å². The largest absolute Gasteiger partial charge is 0.317 e. The molecule has 0 atom stereocenters. The van der Waals surface area contributed by atoms with Gasteiger partial charge in [-0.15, -0.1) is 0 Å². The van der Waals surface area contributed by atoms with Gasteiger partial charge in [0.2, 0.25) is 0 Å². The minimum Gasteiger partial charge on any atom is -0.317 e. The number of hydrogen-bond acceptors (Lipinski definition) is 2. The summed E-state index contributed by atoms with van der Waals surface area (Å²) in [5, 5.41) is 7.07. The van der Waals surface area contributed by atoms with Gasteiger partial charge in [-0.1, -0.05) is 32.0 Å². The molecule has 2 N–H and O–H groups in total. The smallest absolute Gasteiger partial charge is 0.0208 e. The Kier molecular flexibility index (Phi) is 5.41. The quantitative estimate of drug-likeness (QED) is 0.849. The van der Waals surface area contributed by atoms with E-state index < -0.39 is 0 Å². The van der Waals surface area contributed by atoms with Crippen LogP contribution in [-0.4, -0.2) is 19.6 Å². The van der Waals surface area contributed by atoms with Crippen LogP contribution in [0, 0.1) is 12.8 Å². The van der Waals surface area contributed by atoms with Crippen LogP contribution >= 0.6 is 0 Å². The van der Waals surface area contributed by atoms with Gasteiger partial charge in [-0.05, 0) is 67.9 Å². The molecule has 19 heavy (non-hydrogen) atoms. The lowest BCUT2D eigenvalue weighted by Crippen LogP contribution is -2.33. The SMILES string of the molecule is Cc1ccc(C(C)C)cc1CNCC1CCNCC1. The summed E-state index contributed by atoms with van der Waals surface area (Å²) in [7, 11) is 0. The first-order valence-electron chi connectivity index (χ1n) is 7.67. The summed E-state index contributed by atoms with van der Waals surface area (Å²) in [6, 6.07) is 6.89. The van der Waals surface area contributed by atoms with Crippen LogP contribution in [0.15, 0.2) is 18.2 Å². The summed E-state index contributed by atoms with van der Waals surface area (Å²) in [4.78, 5) is 0. The van der Waals surface area contributed by atoms with Crippen molar-refractivity contribution in [3.8, 4) is 0 Å². The van der Waals surface area contributed by atoms with E-state index in [4.69, 9.17) is 0 Å². The molecule has 0 amide bonds. The third-order valence-corrected chi connectivity index (χ3v) is 4.25. The normalized spacial score (nSPS) is 17.1. The summed E-state index contributed by atoms with van der Waals surface area (Å²) >= 11 is 0. The monoisotopic (exact) mass is 260 g/mol. The Bertz CT molecular complexity index is 392. The molecule has 1 aromatic carbocycles. The van der Waals surface area contributed by atoms with Crippen molar-refractivity contribution in [3.05, 3.63) is 34.9 Å². The zero-order valence-electron chi connectivity index (χ0n) is 12.6. The Morgan fingerprint density at radius 2 is 2.00 bits per heavy atom. The maximum absolute atomic E-state index is 3.65. The molecule has 0 spiro atoms. The van der Waals surface area contributed by atoms with Crippen molar-refractivity contribution in [3.63, 3.8) is 0 Å². The van der Waals surface area contributed by atoms with Gasteiger partial charge in [-0.2, -0.15) is 0 Å². The van der Waals surface area contributed by atoms with Crippen molar-refractivity contribution < 1.29 is 0 Å². The van der Waals surface area contributed by atoms with Crippen molar-refractivity contribution in [1.82, 2.24) is 10.6 Å². The standard InChI is InChI=1S/C17H28N2/c1-13(2)16-5-4-14(3)17(10-16)12-19-11-15-6-8-18-9-7-15/h4-5,10,13,15,18-19H,6-9,11-12H2,1-3H3. The maximum Gasteiger partial charge on any atom is 0.0208 e. The van der Waals surface area contributed by atoms with Crippen LogP contribution in [0.5, 0.6) is 0 Å². The van der Waals surface area contributed by atoms with Crippen molar-refractivity contribution in [2.45, 2.75) is 46.1 Å². The van der Waals surface area contributed by atoms with Crippen LogP contribution in [0.3, 0.4) is 0 Å². The number of hydrogen-bond donors (Lipinski definition) is 2. The van der Waals surface area contributed by atoms with Gasteiger partial charge < -0.3 is 10.6 Å².